The number of benzene rings is 2. The molecule has 2 aromatic carbocycles. The minimum Gasteiger partial charge on any atom is -0.497 e. The molecule has 0 saturated heterocycles. The van der Waals surface area contributed by atoms with E-state index in [1.807, 2.05) is 61.5 Å². The molecular weight excluding hydrogens is 290 g/mol. The maximum atomic E-state index is 12.3. The summed E-state index contributed by atoms with van der Waals surface area (Å²) < 4.78 is 5.12. The van der Waals surface area contributed by atoms with E-state index in [9.17, 15) is 9.90 Å². The van der Waals surface area contributed by atoms with Crippen molar-refractivity contribution >= 4 is 5.91 Å². The minimum absolute atomic E-state index is 0.119. The molecule has 0 fully saturated rings. The van der Waals surface area contributed by atoms with E-state index < -0.39 is 5.60 Å². The van der Waals surface area contributed by atoms with Gasteiger partial charge in [0, 0.05) is 0 Å². The van der Waals surface area contributed by atoms with Crippen LogP contribution in [0.5, 0.6) is 5.75 Å². The van der Waals surface area contributed by atoms with Gasteiger partial charge in [-0.2, -0.15) is 0 Å². The lowest BCUT2D eigenvalue weighted by molar-refractivity contribution is -0.123. The van der Waals surface area contributed by atoms with Crippen LogP contribution < -0.4 is 10.1 Å². The van der Waals surface area contributed by atoms with Crippen molar-refractivity contribution in [1.29, 1.82) is 0 Å². The summed E-state index contributed by atoms with van der Waals surface area (Å²) in [5.74, 6) is 0.340. The Hall–Kier alpha value is -2.33. The second-order valence-corrected chi connectivity index (χ2v) is 5.85. The lowest BCUT2D eigenvalue weighted by Crippen LogP contribution is -2.40. The summed E-state index contributed by atoms with van der Waals surface area (Å²) in [7, 11) is 1.61. The first-order valence-corrected chi connectivity index (χ1v) is 7.63. The van der Waals surface area contributed by atoms with Crippen LogP contribution in [-0.4, -0.2) is 24.7 Å². The Labute approximate surface area is 137 Å². The van der Waals surface area contributed by atoms with Crippen LogP contribution in [0.15, 0.2) is 54.6 Å². The minimum atomic E-state index is -1.10. The van der Waals surface area contributed by atoms with E-state index in [2.05, 4.69) is 5.32 Å². The number of methoxy groups -OCH3 is 1. The van der Waals surface area contributed by atoms with Crippen molar-refractivity contribution in [2.75, 3.05) is 13.7 Å². The van der Waals surface area contributed by atoms with Gasteiger partial charge in [-0.25, -0.2) is 0 Å². The highest BCUT2D eigenvalue weighted by molar-refractivity contribution is 5.83. The first-order chi connectivity index (χ1) is 10.9. The molecule has 1 amide bonds. The number of ether oxygens (including phenoxy) is 1. The number of aliphatic hydroxyl groups is 1. The van der Waals surface area contributed by atoms with E-state index >= 15 is 0 Å². The Morgan fingerprint density at radius 3 is 2.35 bits per heavy atom. The highest BCUT2D eigenvalue weighted by atomic mass is 16.5. The van der Waals surface area contributed by atoms with Crippen LogP contribution in [0.1, 0.15) is 30.9 Å². The van der Waals surface area contributed by atoms with Gasteiger partial charge in [-0.15, -0.1) is 0 Å². The van der Waals surface area contributed by atoms with Gasteiger partial charge in [0.25, 0.3) is 0 Å². The fraction of sp³-hybridized carbons (Fsp3) is 0.316. The molecule has 0 radical (unpaired) electrons. The topological polar surface area (TPSA) is 58.6 Å². The summed E-state index contributed by atoms with van der Waals surface area (Å²) in [6.07, 6.45) is 0. The smallest absolute Gasteiger partial charge is 0.227 e. The fourth-order valence-corrected chi connectivity index (χ4v) is 2.36. The maximum absolute atomic E-state index is 12.3. The predicted molar refractivity (Wildman–Crippen MR) is 90.4 cm³/mol. The third-order valence-electron chi connectivity index (χ3n) is 4.01. The van der Waals surface area contributed by atoms with Gasteiger partial charge in [-0.05, 0) is 37.1 Å². The highest BCUT2D eigenvalue weighted by Crippen LogP contribution is 2.21. The van der Waals surface area contributed by atoms with Crippen LogP contribution in [0, 0.1) is 0 Å². The van der Waals surface area contributed by atoms with Gasteiger partial charge in [0.2, 0.25) is 5.91 Å². The second kappa shape index (κ2) is 7.29. The molecule has 0 spiro atoms. The molecule has 0 saturated carbocycles. The Balaban J connectivity index is 1.98. The molecule has 0 aliphatic heterocycles. The van der Waals surface area contributed by atoms with E-state index in [0.29, 0.717) is 0 Å². The monoisotopic (exact) mass is 313 g/mol. The Morgan fingerprint density at radius 2 is 1.78 bits per heavy atom. The van der Waals surface area contributed by atoms with Crippen molar-refractivity contribution < 1.29 is 14.6 Å². The molecule has 0 aliphatic rings. The summed E-state index contributed by atoms with van der Waals surface area (Å²) in [4.78, 5) is 12.3. The number of hydrogen-bond donors (Lipinski definition) is 2. The van der Waals surface area contributed by atoms with Crippen LogP contribution in [0.2, 0.25) is 0 Å². The summed E-state index contributed by atoms with van der Waals surface area (Å²) >= 11 is 0. The molecule has 0 heterocycles. The van der Waals surface area contributed by atoms with Gasteiger partial charge in [-0.3, -0.25) is 4.79 Å². The van der Waals surface area contributed by atoms with E-state index in [-0.39, 0.29) is 18.4 Å². The number of carbonyl (C=O) groups excluding carboxylic acids is 1. The normalized spacial score (nSPS) is 14.6. The molecule has 122 valence electrons. The van der Waals surface area contributed by atoms with Crippen molar-refractivity contribution in [3.05, 3.63) is 65.7 Å². The van der Waals surface area contributed by atoms with E-state index in [1.54, 1.807) is 14.0 Å². The predicted octanol–water partition coefficient (Wildman–Crippen LogP) is 2.82. The molecular formula is C19H23NO3. The SMILES string of the molecule is COc1ccc(C(C)C(=O)NCC(C)(O)c2ccccc2)cc1. The third kappa shape index (κ3) is 4.33. The molecule has 0 aromatic heterocycles. The molecule has 2 unspecified atom stereocenters. The zero-order chi connectivity index (χ0) is 16.9. The average molecular weight is 313 g/mol. The number of hydrogen-bond acceptors (Lipinski definition) is 3. The summed E-state index contributed by atoms with van der Waals surface area (Å²) in [5.41, 5.74) is 0.580. The van der Waals surface area contributed by atoms with Crippen molar-refractivity contribution in [3.8, 4) is 5.75 Å². The molecule has 2 atom stereocenters. The molecule has 0 aliphatic carbocycles. The summed E-state index contributed by atoms with van der Waals surface area (Å²) in [6, 6.07) is 16.7. The number of rotatable bonds is 6. The number of carbonyl (C=O) groups is 1. The number of nitrogens with one attached hydrogen (secondary N) is 1. The van der Waals surface area contributed by atoms with Gasteiger partial charge < -0.3 is 15.2 Å². The Morgan fingerprint density at radius 1 is 1.17 bits per heavy atom. The number of amides is 1. The molecule has 4 heteroatoms. The van der Waals surface area contributed by atoms with Crippen molar-refractivity contribution in [2.24, 2.45) is 0 Å². The van der Waals surface area contributed by atoms with Gasteiger partial charge >= 0.3 is 0 Å². The van der Waals surface area contributed by atoms with Gasteiger partial charge in [0.1, 0.15) is 11.4 Å². The lowest BCUT2D eigenvalue weighted by Gasteiger charge is -2.25. The van der Waals surface area contributed by atoms with Crippen LogP contribution in [0.4, 0.5) is 0 Å². The standard InChI is InChI=1S/C19H23NO3/c1-14(15-9-11-17(23-3)12-10-15)18(21)20-13-19(2,22)16-7-5-4-6-8-16/h4-12,14,22H,13H2,1-3H3,(H,20,21). The summed E-state index contributed by atoms with van der Waals surface area (Å²) in [6.45, 7) is 3.70. The largest absolute Gasteiger partial charge is 0.497 e. The summed E-state index contributed by atoms with van der Waals surface area (Å²) in [5, 5.41) is 13.4. The third-order valence-corrected chi connectivity index (χ3v) is 4.01. The first kappa shape index (κ1) is 17.0. The van der Waals surface area contributed by atoms with E-state index in [1.165, 1.54) is 0 Å². The highest BCUT2D eigenvalue weighted by Gasteiger charge is 2.25. The Kier molecular flexibility index (Phi) is 5.40. The molecule has 23 heavy (non-hydrogen) atoms. The van der Waals surface area contributed by atoms with Crippen molar-refractivity contribution in [1.82, 2.24) is 5.32 Å². The van der Waals surface area contributed by atoms with Crippen LogP contribution in [0.25, 0.3) is 0 Å². The average Bonchev–Trinajstić information content (AvgIpc) is 2.60. The van der Waals surface area contributed by atoms with E-state index in [0.717, 1.165) is 16.9 Å². The van der Waals surface area contributed by atoms with Crippen LogP contribution >= 0.6 is 0 Å². The van der Waals surface area contributed by atoms with Gasteiger partial charge in [0.05, 0.1) is 19.6 Å². The molecule has 0 bridgehead atoms. The molecule has 2 N–H and O–H groups in total. The first-order valence-electron chi connectivity index (χ1n) is 7.63. The fourth-order valence-electron chi connectivity index (χ4n) is 2.36. The van der Waals surface area contributed by atoms with Gasteiger partial charge in [0.15, 0.2) is 0 Å². The lowest BCUT2D eigenvalue weighted by atomic mass is 9.95. The molecule has 4 nitrogen and oxygen atoms in total. The van der Waals surface area contributed by atoms with E-state index in [4.69, 9.17) is 4.74 Å². The van der Waals surface area contributed by atoms with Crippen LogP contribution in [-0.2, 0) is 10.4 Å². The molecule has 2 rings (SSSR count). The quantitative estimate of drug-likeness (QED) is 0.862. The second-order valence-electron chi connectivity index (χ2n) is 5.85. The zero-order valence-corrected chi connectivity index (χ0v) is 13.7. The van der Waals surface area contributed by atoms with Gasteiger partial charge in [-0.1, -0.05) is 42.5 Å². The zero-order valence-electron chi connectivity index (χ0n) is 13.7. The Bertz CT molecular complexity index is 635. The van der Waals surface area contributed by atoms with Crippen LogP contribution in [0.3, 0.4) is 0 Å². The van der Waals surface area contributed by atoms with Crippen molar-refractivity contribution in [2.45, 2.75) is 25.4 Å². The maximum Gasteiger partial charge on any atom is 0.227 e. The van der Waals surface area contributed by atoms with Crippen molar-refractivity contribution in [3.63, 3.8) is 0 Å². The molecule has 2 aromatic rings.